The molecule has 0 saturated carbocycles. The Morgan fingerprint density at radius 1 is 1.00 bits per heavy atom. The number of pyridine rings is 1. The lowest BCUT2D eigenvalue weighted by Crippen LogP contribution is -2.36. The van der Waals surface area contributed by atoms with Gasteiger partial charge in [-0.05, 0) is 30.3 Å². The molecule has 1 aromatic carbocycles. The van der Waals surface area contributed by atoms with Gasteiger partial charge in [0.05, 0.1) is 25.1 Å². The van der Waals surface area contributed by atoms with Crippen LogP contribution < -0.4 is 19.7 Å². The molecule has 1 amide bonds. The molecule has 7 nitrogen and oxygen atoms in total. The highest BCUT2D eigenvalue weighted by Crippen LogP contribution is 2.31. The molecule has 130 valence electrons. The van der Waals surface area contributed by atoms with Crippen molar-refractivity contribution in [3.8, 4) is 11.5 Å². The van der Waals surface area contributed by atoms with Crippen LogP contribution in [0.1, 0.15) is 10.4 Å². The average molecular weight is 341 g/mol. The van der Waals surface area contributed by atoms with Gasteiger partial charge in [-0.25, -0.2) is 4.98 Å². The number of fused-ring (bicyclic) bond motifs is 1. The topological polar surface area (TPSA) is 72.9 Å². The molecule has 1 saturated heterocycles. The third kappa shape index (κ3) is 3.51. The summed E-state index contributed by atoms with van der Waals surface area (Å²) in [6.45, 7) is 4.10. The SMILES string of the molecule is O=C(Nc1ccc(N2CCOCC2)nc1)c1ccc2c(c1)OCCO2. The first kappa shape index (κ1) is 15.7. The Hall–Kier alpha value is -2.80. The Bertz CT molecular complexity index is 757. The molecule has 2 aromatic rings. The summed E-state index contributed by atoms with van der Waals surface area (Å²) in [5.74, 6) is 1.94. The summed E-state index contributed by atoms with van der Waals surface area (Å²) in [6, 6.07) is 8.93. The Morgan fingerprint density at radius 3 is 2.56 bits per heavy atom. The third-order valence-electron chi connectivity index (χ3n) is 4.15. The minimum absolute atomic E-state index is 0.210. The van der Waals surface area contributed by atoms with Crippen LogP contribution in [0.3, 0.4) is 0 Å². The molecule has 0 radical (unpaired) electrons. The molecule has 0 aliphatic carbocycles. The molecule has 0 unspecified atom stereocenters. The highest BCUT2D eigenvalue weighted by Gasteiger charge is 2.16. The Labute approximate surface area is 145 Å². The lowest BCUT2D eigenvalue weighted by atomic mass is 10.1. The number of nitrogens with zero attached hydrogens (tertiary/aromatic N) is 2. The predicted molar refractivity (Wildman–Crippen MR) is 92.7 cm³/mol. The standard InChI is InChI=1S/C18H19N3O4/c22-18(13-1-3-15-16(11-13)25-10-9-24-15)20-14-2-4-17(19-12-14)21-5-7-23-8-6-21/h1-4,11-12H,5-10H2,(H,20,22). The first-order valence-electron chi connectivity index (χ1n) is 8.29. The van der Waals surface area contributed by atoms with Gasteiger partial charge in [0.2, 0.25) is 0 Å². The zero-order valence-electron chi connectivity index (χ0n) is 13.7. The van der Waals surface area contributed by atoms with Crippen LogP contribution in [0, 0.1) is 0 Å². The van der Waals surface area contributed by atoms with E-state index < -0.39 is 0 Å². The van der Waals surface area contributed by atoms with Crippen molar-refractivity contribution in [2.24, 2.45) is 0 Å². The van der Waals surface area contributed by atoms with Crippen LogP contribution in [-0.2, 0) is 4.74 Å². The van der Waals surface area contributed by atoms with E-state index in [1.807, 2.05) is 12.1 Å². The number of hydrogen-bond acceptors (Lipinski definition) is 6. The van der Waals surface area contributed by atoms with Crippen LogP contribution in [0.25, 0.3) is 0 Å². The third-order valence-corrected chi connectivity index (χ3v) is 4.15. The number of morpholine rings is 1. The molecule has 1 fully saturated rings. The Morgan fingerprint density at radius 2 is 1.80 bits per heavy atom. The van der Waals surface area contributed by atoms with E-state index in [9.17, 15) is 4.79 Å². The van der Waals surface area contributed by atoms with E-state index >= 15 is 0 Å². The summed E-state index contributed by atoms with van der Waals surface area (Å²) in [6.07, 6.45) is 1.67. The van der Waals surface area contributed by atoms with E-state index in [-0.39, 0.29) is 5.91 Å². The second-order valence-electron chi connectivity index (χ2n) is 5.82. The largest absolute Gasteiger partial charge is 0.486 e. The van der Waals surface area contributed by atoms with Gasteiger partial charge in [0, 0.05) is 18.7 Å². The highest BCUT2D eigenvalue weighted by atomic mass is 16.6. The zero-order chi connectivity index (χ0) is 17.1. The van der Waals surface area contributed by atoms with Gasteiger partial charge < -0.3 is 24.4 Å². The van der Waals surface area contributed by atoms with Crippen molar-refractivity contribution in [1.29, 1.82) is 0 Å². The van der Waals surface area contributed by atoms with Crippen molar-refractivity contribution in [1.82, 2.24) is 4.98 Å². The van der Waals surface area contributed by atoms with Crippen LogP contribution in [0.5, 0.6) is 11.5 Å². The second-order valence-corrected chi connectivity index (χ2v) is 5.82. The van der Waals surface area contributed by atoms with Crippen molar-refractivity contribution >= 4 is 17.4 Å². The molecule has 0 bridgehead atoms. The normalized spacial score (nSPS) is 16.4. The van der Waals surface area contributed by atoms with Gasteiger partial charge in [-0.2, -0.15) is 0 Å². The summed E-state index contributed by atoms with van der Waals surface area (Å²) < 4.78 is 16.3. The maximum atomic E-state index is 12.4. The lowest BCUT2D eigenvalue weighted by Gasteiger charge is -2.27. The number of ether oxygens (including phenoxy) is 3. The van der Waals surface area contributed by atoms with E-state index in [4.69, 9.17) is 14.2 Å². The van der Waals surface area contributed by atoms with Gasteiger partial charge in [-0.1, -0.05) is 0 Å². The monoisotopic (exact) mass is 341 g/mol. The molecule has 25 heavy (non-hydrogen) atoms. The zero-order valence-corrected chi connectivity index (χ0v) is 13.7. The number of carbonyl (C=O) groups is 1. The van der Waals surface area contributed by atoms with E-state index in [0.29, 0.717) is 49.2 Å². The first-order chi connectivity index (χ1) is 12.3. The van der Waals surface area contributed by atoms with Gasteiger partial charge in [-0.15, -0.1) is 0 Å². The van der Waals surface area contributed by atoms with Gasteiger partial charge in [0.1, 0.15) is 19.0 Å². The molecule has 3 heterocycles. The van der Waals surface area contributed by atoms with Crippen LogP contribution in [0.4, 0.5) is 11.5 Å². The summed E-state index contributed by atoms with van der Waals surface area (Å²) >= 11 is 0. The number of nitrogens with one attached hydrogen (secondary N) is 1. The number of rotatable bonds is 3. The minimum Gasteiger partial charge on any atom is -0.486 e. The summed E-state index contributed by atoms with van der Waals surface area (Å²) in [5, 5.41) is 2.85. The smallest absolute Gasteiger partial charge is 0.255 e. The molecule has 4 rings (SSSR count). The van der Waals surface area contributed by atoms with Gasteiger partial charge in [0.25, 0.3) is 5.91 Å². The van der Waals surface area contributed by atoms with Crippen LogP contribution in [0.15, 0.2) is 36.5 Å². The van der Waals surface area contributed by atoms with Crippen molar-refractivity contribution in [3.05, 3.63) is 42.1 Å². The van der Waals surface area contributed by atoms with Gasteiger partial charge in [-0.3, -0.25) is 4.79 Å². The molecule has 2 aliphatic heterocycles. The fourth-order valence-electron chi connectivity index (χ4n) is 2.83. The lowest BCUT2D eigenvalue weighted by molar-refractivity contribution is 0.102. The van der Waals surface area contributed by atoms with Crippen molar-refractivity contribution in [2.45, 2.75) is 0 Å². The number of hydrogen-bond donors (Lipinski definition) is 1. The maximum absolute atomic E-state index is 12.4. The molecule has 7 heteroatoms. The van der Waals surface area contributed by atoms with Gasteiger partial charge in [0.15, 0.2) is 11.5 Å². The molecular formula is C18H19N3O4. The molecule has 1 aromatic heterocycles. The maximum Gasteiger partial charge on any atom is 0.255 e. The van der Waals surface area contributed by atoms with E-state index in [1.54, 1.807) is 24.4 Å². The van der Waals surface area contributed by atoms with Crippen molar-refractivity contribution < 1.29 is 19.0 Å². The number of carbonyl (C=O) groups excluding carboxylic acids is 1. The minimum atomic E-state index is -0.210. The van der Waals surface area contributed by atoms with E-state index in [0.717, 1.165) is 18.9 Å². The predicted octanol–water partition coefficient (Wildman–Crippen LogP) is 1.94. The molecule has 1 N–H and O–H groups in total. The number of anilines is 2. The molecule has 0 atom stereocenters. The summed E-state index contributed by atoms with van der Waals surface area (Å²) in [7, 11) is 0. The first-order valence-corrected chi connectivity index (χ1v) is 8.29. The average Bonchev–Trinajstić information content (AvgIpc) is 2.69. The van der Waals surface area contributed by atoms with Crippen molar-refractivity contribution in [2.75, 3.05) is 49.7 Å². The van der Waals surface area contributed by atoms with Crippen LogP contribution in [0.2, 0.25) is 0 Å². The van der Waals surface area contributed by atoms with Crippen molar-refractivity contribution in [3.63, 3.8) is 0 Å². The molecule has 2 aliphatic rings. The highest BCUT2D eigenvalue weighted by molar-refractivity contribution is 6.04. The molecule has 0 spiro atoms. The van der Waals surface area contributed by atoms with Gasteiger partial charge >= 0.3 is 0 Å². The summed E-state index contributed by atoms with van der Waals surface area (Å²) in [5.41, 5.74) is 1.17. The Balaban J connectivity index is 1.43. The number of aromatic nitrogens is 1. The number of amides is 1. The fraction of sp³-hybridized carbons (Fsp3) is 0.333. The number of benzene rings is 1. The van der Waals surface area contributed by atoms with Crippen LogP contribution in [-0.4, -0.2) is 50.4 Å². The summed E-state index contributed by atoms with van der Waals surface area (Å²) in [4.78, 5) is 19.0. The van der Waals surface area contributed by atoms with E-state index in [1.165, 1.54) is 0 Å². The van der Waals surface area contributed by atoms with Crippen LogP contribution >= 0.6 is 0 Å². The van der Waals surface area contributed by atoms with E-state index in [2.05, 4.69) is 15.2 Å². The Kier molecular flexibility index (Phi) is 4.39. The second kappa shape index (κ2) is 6.98. The quantitative estimate of drug-likeness (QED) is 0.920. The molecular weight excluding hydrogens is 322 g/mol. The fourth-order valence-corrected chi connectivity index (χ4v) is 2.83.